The van der Waals surface area contributed by atoms with Gasteiger partial charge in [-0.05, 0) is 49.8 Å². The Morgan fingerprint density at radius 2 is 2.29 bits per heavy atom. The minimum Gasteiger partial charge on any atom is -0.438 e. The summed E-state index contributed by atoms with van der Waals surface area (Å²) in [7, 11) is 0. The molecule has 0 bridgehead atoms. The van der Waals surface area contributed by atoms with E-state index in [2.05, 4.69) is 10.3 Å². The van der Waals surface area contributed by atoms with Crippen LogP contribution in [0.15, 0.2) is 34.9 Å². The van der Waals surface area contributed by atoms with Crippen molar-refractivity contribution in [1.82, 2.24) is 10.3 Å². The molecule has 0 unspecified atom stereocenters. The van der Waals surface area contributed by atoms with Gasteiger partial charge < -0.3 is 9.73 Å². The molecule has 0 aliphatic heterocycles. The first kappa shape index (κ1) is 13.8. The van der Waals surface area contributed by atoms with Gasteiger partial charge in [0.2, 0.25) is 0 Å². The van der Waals surface area contributed by atoms with Crippen LogP contribution in [0.5, 0.6) is 0 Å². The molecule has 0 radical (unpaired) electrons. The zero-order valence-electron chi connectivity index (χ0n) is 11.8. The Kier molecular flexibility index (Phi) is 3.73. The van der Waals surface area contributed by atoms with Gasteiger partial charge in [-0.2, -0.15) is 0 Å². The SMILES string of the molecule is Cc1cnc(C(=O)N[C@@H]2CC[C@@H](c3cccc(F)c3)C2)o1. The Balaban J connectivity index is 1.61. The van der Waals surface area contributed by atoms with E-state index in [1.54, 1.807) is 19.1 Å². The number of oxazole rings is 1. The molecule has 1 amide bonds. The van der Waals surface area contributed by atoms with Gasteiger partial charge in [-0.15, -0.1) is 0 Å². The summed E-state index contributed by atoms with van der Waals surface area (Å²) in [4.78, 5) is 15.9. The molecule has 1 heterocycles. The summed E-state index contributed by atoms with van der Waals surface area (Å²) >= 11 is 0. The molecule has 3 rings (SSSR count). The first-order valence-electron chi connectivity index (χ1n) is 7.10. The number of nitrogens with zero attached hydrogens (tertiary/aromatic N) is 1. The molecule has 2 atom stereocenters. The van der Waals surface area contributed by atoms with Gasteiger partial charge in [-0.1, -0.05) is 12.1 Å². The van der Waals surface area contributed by atoms with E-state index in [4.69, 9.17) is 4.42 Å². The number of carbonyl (C=O) groups is 1. The van der Waals surface area contributed by atoms with Crippen molar-refractivity contribution in [2.75, 3.05) is 0 Å². The summed E-state index contributed by atoms with van der Waals surface area (Å²) in [6.45, 7) is 1.75. The number of aryl methyl sites for hydroxylation is 1. The Morgan fingerprint density at radius 3 is 3.00 bits per heavy atom. The highest BCUT2D eigenvalue weighted by Crippen LogP contribution is 2.34. The number of aromatic nitrogens is 1. The van der Waals surface area contributed by atoms with Crippen molar-refractivity contribution in [2.45, 2.75) is 38.1 Å². The molecule has 5 heteroatoms. The predicted octanol–water partition coefficient (Wildman–Crippen LogP) is 3.19. The van der Waals surface area contributed by atoms with Crippen LogP contribution in [0.3, 0.4) is 0 Å². The fourth-order valence-corrected chi connectivity index (χ4v) is 2.88. The Morgan fingerprint density at radius 1 is 1.43 bits per heavy atom. The van der Waals surface area contributed by atoms with Crippen molar-refractivity contribution in [3.8, 4) is 0 Å². The molecule has 1 saturated carbocycles. The smallest absolute Gasteiger partial charge is 0.307 e. The van der Waals surface area contributed by atoms with Crippen LogP contribution in [0.4, 0.5) is 4.39 Å². The Hall–Kier alpha value is -2.17. The topological polar surface area (TPSA) is 55.1 Å². The van der Waals surface area contributed by atoms with Crippen molar-refractivity contribution in [3.05, 3.63) is 53.5 Å². The molecule has 21 heavy (non-hydrogen) atoms. The number of carbonyl (C=O) groups excluding carboxylic acids is 1. The van der Waals surface area contributed by atoms with Crippen LogP contribution in [-0.2, 0) is 0 Å². The molecule has 4 nitrogen and oxygen atoms in total. The predicted molar refractivity (Wildman–Crippen MR) is 75.5 cm³/mol. The average molecular weight is 288 g/mol. The second-order valence-electron chi connectivity index (χ2n) is 5.51. The lowest BCUT2D eigenvalue weighted by atomic mass is 9.97. The molecule has 1 aromatic heterocycles. The summed E-state index contributed by atoms with van der Waals surface area (Å²) in [6.07, 6.45) is 4.17. The van der Waals surface area contributed by atoms with Gasteiger partial charge >= 0.3 is 5.91 Å². The van der Waals surface area contributed by atoms with Gasteiger partial charge in [-0.25, -0.2) is 9.37 Å². The molecule has 1 aromatic carbocycles. The summed E-state index contributed by atoms with van der Waals surface area (Å²) in [5.74, 6) is 0.506. The molecule has 1 aliphatic carbocycles. The number of halogens is 1. The maximum Gasteiger partial charge on any atom is 0.307 e. The van der Waals surface area contributed by atoms with Crippen LogP contribution in [0, 0.1) is 12.7 Å². The molecule has 1 N–H and O–H groups in total. The highest BCUT2D eigenvalue weighted by Gasteiger charge is 2.28. The van der Waals surface area contributed by atoms with Crippen molar-refractivity contribution >= 4 is 5.91 Å². The lowest BCUT2D eigenvalue weighted by Gasteiger charge is -2.12. The van der Waals surface area contributed by atoms with Crippen molar-refractivity contribution in [3.63, 3.8) is 0 Å². The highest BCUT2D eigenvalue weighted by molar-refractivity contribution is 5.89. The lowest BCUT2D eigenvalue weighted by molar-refractivity contribution is 0.0901. The molecule has 1 fully saturated rings. The quantitative estimate of drug-likeness (QED) is 0.943. The van der Waals surface area contributed by atoms with Gasteiger partial charge in [0.1, 0.15) is 11.6 Å². The minimum absolute atomic E-state index is 0.0815. The third-order valence-corrected chi connectivity index (χ3v) is 3.90. The van der Waals surface area contributed by atoms with Crippen molar-refractivity contribution in [2.24, 2.45) is 0 Å². The summed E-state index contributed by atoms with van der Waals surface area (Å²) in [5, 5.41) is 2.93. The third kappa shape index (κ3) is 3.12. The molecule has 0 spiro atoms. The van der Waals surface area contributed by atoms with E-state index in [0.29, 0.717) is 5.76 Å². The zero-order valence-corrected chi connectivity index (χ0v) is 11.8. The molecule has 1 aliphatic rings. The average Bonchev–Trinajstić information content (AvgIpc) is 3.08. The maximum atomic E-state index is 13.3. The first-order chi connectivity index (χ1) is 10.1. The van der Waals surface area contributed by atoms with Crippen LogP contribution in [0.1, 0.15) is 47.2 Å². The van der Waals surface area contributed by atoms with Crippen LogP contribution >= 0.6 is 0 Å². The third-order valence-electron chi connectivity index (χ3n) is 3.90. The fraction of sp³-hybridized carbons (Fsp3) is 0.375. The number of hydrogen-bond acceptors (Lipinski definition) is 3. The molecular formula is C16H17FN2O2. The molecule has 110 valence electrons. The first-order valence-corrected chi connectivity index (χ1v) is 7.10. The lowest BCUT2D eigenvalue weighted by Crippen LogP contribution is -2.33. The minimum atomic E-state index is -0.284. The number of nitrogens with one attached hydrogen (secondary N) is 1. The summed E-state index contributed by atoms with van der Waals surface area (Å²) in [5.41, 5.74) is 0.999. The summed E-state index contributed by atoms with van der Waals surface area (Å²) < 4.78 is 18.5. The van der Waals surface area contributed by atoms with Crippen molar-refractivity contribution < 1.29 is 13.6 Å². The fourth-order valence-electron chi connectivity index (χ4n) is 2.88. The van der Waals surface area contributed by atoms with E-state index in [0.717, 1.165) is 24.8 Å². The Bertz CT molecular complexity index is 653. The van der Waals surface area contributed by atoms with Gasteiger partial charge in [0.05, 0.1) is 6.20 Å². The number of benzene rings is 1. The second-order valence-corrected chi connectivity index (χ2v) is 5.51. The molecular weight excluding hydrogens is 271 g/mol. The number of rotatable bonds is 3. The largest absolute Gasteiger partial charge is 0.438 e. The van der Waals surface area contributed by atoms with Crippen LogP contribution in [-0.4, -0.2) is 16.9 Å². The van der Waals surface area contributed by atoms with Gasteiger partial charge in [0.25, 0.3) is 5.89 Å². The van der Waals surface area contributed by atoms with E-state index in [1.165, 1.54) is 12.3 Å². The normalized spacial score (nSPS) is 21.4. The standard InChI is InChI=1S/C16H17FN2O2/c1-10-9-18-16(21-10)15(20)19-14-6-5-12(8-14)11-3-2-4-13(17)7-11/h2-4,7,9,12,14H,5-6,8H2,1H3,(H,19,20)/t12-,14-/m1/s1. The van der Waals surface area contributed by atoms with Crippen molar-refractivity contribution in [1.29, 1.82) is 0 Å². The van der Waals surface area contributed by atoms with Crippen LogP contribution < -0.4 is 5.32 Å². The zero-order chi connectivity index (χ0) is 14.8. The van der Waals surface area contributed by atoms with Crippen LogP contribution in [0.2, 0.25) is 0 Å². The number of amides is 1. The highest BCUT2D eigenvalue weighted by atomic mass is 19.1. The Labute approximate surface area is 122 Å². The maximum absolute atomic E-state index is 13.3. The van der Waals surface area contributed by atoms with E-state index in [9.17, 15) is 9.18 Å². The van der Waals surface area contributed by atoms with E-state index in [-0.39, 0.29) is 29.6 Å². The monoisotopic (exact) mass is 288 g/mol. The number of hydrogen-bond donors (Lipinski definition) is 1. The summed E-state index contributed by atoms with van der Waals surface area (Å²) in [6, 6.07) is 6.77. The van der Waals surface area contributed by atoms with E-state index in [1.807, 2.05) is 6.07 Å². The van der Waals surface area contributed by atoms with Crippen LogP contribution in [0.25, 0.3) is 0 Å². The van der Waals surface area contributed by atoms with E-state index < -0.39 is 0 Å². The molecule has 2 aromatic rings. The van der Waals surface area contributed by atoms with Gasteiger partial charge in [0, 0.05) is 6.04 Å². The molecule has 0 saturated heterocycles. The van der Waals surface area contributed by atoms with Gasteiger partial charge in [0.15, 0.2) is 0 Å². The van der Waals surface area contributed by atoms with E-state index >= 15 is 0 Å². The van der Waals surface area contributed by atoms with Gasteiger partial charge in [-0.3, -0.25) is 4.79 Å². The second kappa shape index (κ2) is 5.68.